The number of nitrogens with zero attached hydrogens (tertiary/aromatic N) is 1. The predicted molar refractivity (Wildman–Crippen MR) is 131 cm³/mol. The second kappa shape index (κ2) is 13.3. The van der Waals surface area contributed by atoms with E-state index < -0.39 is 17.3 Å². The lowest BCUT2D eigenvalue weighted by molar-refractivity contribution is 0.0502. The minimum absolute atomic E-state index is 0. The summed E-state index contributed by atoms with van der Waals surface area (Å²) in [5.41, 5.74) is -1.55. The molecular formula is C20H37IN4O3S. The fraction of sp³-hybridized carbons (Fsp3) is 0.700. The molecule has 2 unspecified atom stereocenters. The van der Waals surface area contributed by atoms with Crippen LogP contribution in [0.4, 0.5) is 4.79 Å². The first-order chi connectivity index (χ1) is 13.1. The summed E-state index contributed by atoms with van der Waals surface area (Å²) in [6, 6.07) is 3.74. The second-order valence-corrected chi connectivity index (χ2v) is 8.91. The molecule has 1 heterocycles. The zero-order valence-electron chi connectivity index (χ0n) is 18.4. The third kappa shape index (κ3) is 11.6. The number of halogens is 1. The van der Waals surface area contributed by atoms with Crippen LogP contribution in [0.1, 0.15) is 59.3 Å². The molecule has 1 aromatic heterocycles. The molecule has 0 aliphatic heterocycles. The first-order valence-electron chi connectivity index (χ1n) is 9.85. The van der Waals surface area contributed by atoms with Crippen LogP contribution in [0.2, 0.25) is 0 Å². The minimum Gasteiger partial charge on any atom is -0.444 e. The molecule has 168 valence electrons. The van der Waals surface area contributed by atoms with Crippen LogP contribution in [0.3, 0.4) is 0 Å². The van der Waals surface area contributed by atoms with Gasteiger partial charge in [0.1, 0.15) is 11.2 Å². The smallest absolute Gasteiger partial charge is 0.407 e. The van der Waals surface area contributed by atoms with E-state index in [9.17, 15) is 9.90 Å². The van der Waals surface area contributed by atoms with Crippen molar-refractivity contribution in [1.29, 1.82) is 0 Å². The van der Waals surface area contributed by atoms with Crippen molar-refractivity contribution in [1.82, 2.24) is 16.0 Å². The van der Waals surface area contributed by atoms with Crippen LogP contribution in [-0.4, -0.2) is 48.4 Å². The van der Waals surface area contributed by atoms with Gasteiger partial charge in [-0.3, -0.25) is 0 Å². The summed E-state index contributed by atoms with van der Waals surface area (Å²) in [5.74, 6) is 0.603. The van der Waals surface area contributed by atoms with E-state index in [4.69, 9.17) is 4.74 Å². The van der Waals surface area contributed by atoms with Gasteiger partial charge in [0, 0.05) is 24.0 Å². The molecule has 0 aliphatic rings. The topological polar surface area (TPSA) is 95.0 Å². The molecule has 7 nitrogen and oxygen atoms in total. The van der Waals surface area contributed by atoms with Crippen molar-refractivity contribution in [2.24, 2.45) is 4.99 Å². The molecule has 1 aromatic rings. The number of ether oxygens (including phenoxy) is 1. The maximum absolute atomic E-state index is 12.1. The number of hydrogen-bond donors (Lipinski definition) is 4. The number of carbonyl (C=O) groups excluding carboxylic acids is 1. The van der Waals surface area contributed by atoms with Crippen molar-refractivity contribution in [3.05, 3.63) is 22.4 Å². The molecule has 4 N–H and O–H groups in total. The fourth-order valence-corrected chi connectivity index (χ4v) is 3.28. The Hall–Kier alpha value is -1.07. The van der Waals surface area contributed by atoms with Gasteiger partial charge in [0.15, 0.2) is 5.96 Å². The highest BCUT2D eigenvalue weighted by atomic mass is 127. The van der Waals surface area contributed by atoms with Crippen LogP contribution in [0, 0.1) is 0 Å². The molecule has 2 atom stereocenters. The van der Waals surface area contributed by atoms with Gasteiger partial charge in [0.05, 0.1) is 6.54 Å². The summed E-state index contributed by atoms with van der Waals surface area (Å²) in [6.45, 7) is 12.8. The van der Waals surface area contributed by atoms with E-state index in [0.717, 1.165) is 17.7 Å². The molecule has 0 fully saturated rings. The maximum atomic E-state index is 12.1. The number of rotatable bonds is 9. The van der Waals surface area contributed by atoms with Gasteiger partial charge in [-0.05, 0) is 52.5 Å². The van der Waals surface area contributed by atoms with E-state index in [-0.39, 0.29) is 36.6 Å². The molecule has 29 heavy (non-hydrogen) atoms. The average molecular weight is 541 g/mol. The second-order valence-electron chi connectivity index (χ2n) is 7.96. The van der Waals surface area contributed by atoms with Gasteiger partial charge in [-0.25, -0.2) is 9.79 Å². The molecule has 0 saturated carbocycles. The number of aliphatic hydroxyl groups is 1. The zero-order valence-corrected chi connectivity index (χ0v) is 21.5. The van der Waals surface area contributed by atoms with Crippen LogP contribution < -0.4 is 16.0 Å². The maximum Gasteiger partial charge on any atom is 0.407 e. The van der Waals surface area contributed by atoms with E-state index >= 15 is 0 Å². The highest BCUT2D eigenvalue weighted by Gasteiger charge is 2.24. The van der Waals surface area contributed by atoms with Crippen molar-refractivity contribution in [2.45, 2.75) is 71.6 Å². The monoisotopic (exact) mass is 540 g/mol. The van der Waals surface area contributed by atoms with Gasteiger partial charge < -0.3 is 25.8 Å². The van der Waals surface area contributed by atoms with Crippen LogP contribution in [0.15, 0.2) is 22.5 Å². The number of alkyl carbamates (subject to hydrolysis) is 1. The lowest BCUT2D eigenvalue weighted by Gasteiger charge is -2.25. The Morgan fingerprint density at radius 1 is 1.28 bits per heavy atom. The van der Waals surface area contributed by atoms with Gasteiger partial charge in [-0.1, -0.05) is 19.4 Å². The molecule has 0 aromatic carbocycles. The van der Waals surface area contributed by atoms with Crippen molar-refractivity contribution in [3.63, 3.8) is 0 Å². The van der Waals surface area contributed by atoms with Gasteiger partial charge in [-0.15, -0.1) is 35.3 Å². The Morgan fingerprint density at radius 3 is 2.48 bits per heavy atom. The van der Waals surface area contributed by atoms with Crippen molar-refractivity contribution < 1.29 is 14.6 Å². The first-order valence-corrected chi connectivity index (χ1v) is 10.7. The highest BCUT2D eigenvalue weighted by Crippen LogP contribution is 2.25. The van der Waals surface area contributed by atoms with E-state index in [1.165, 1.54) is 11.3 Å². The third-order valence-corrected chi connectivity index (χ3v) is 4.94. The van der Waals surface area contributed by atoms with E-state index in [1.807, 2.05) is 45.2 Å². The number of thiophene rings is 1. The van der Waals surface area contributed by atoms with Gasteiger partial charge >= 0.3 is 6.09 Å². The van der Waals surface area contributed by atoms with Crippen molar-refractivity contribution in [2.75, 3.05) is 19.6 Å². The zero-order chi connectivity index (χ0) is 21.2. The quantitative estimate of drug-likeness (QED) is 0.217. The largest absolute Gasteiger partial charge is 0.444 e. The number of hydrogen-bond acceptors (Lipinski definition) is 5. The molecule has 1 amide bonds. The van der Waals surface area contributed by atoms with Crippen LogP contribution in [-0.2, 0) is 10.3 Å². The predicted octanol–water partition coefficient (Wildman–Crippen LogP) is 3.82. The molecule has 0 spiro atoms. The van der Waals surface area contributed by atoms with E-state index in [2.05, 4.69) is 27.9 Å². The normalized spacial score (nSPS) is 14.9. The lowest BCUT2D eigenvalue weighted by atomic mass is 10.1. The standard InChI is InChI=1S/C20H36N4O3S.HI/c1-7-10-15(24-18(25)27-19(3,4)5)13-22-17(21-8-2)23-14-20(6,26)16-11-9-12-28-16;/h9,11-12,15,26H,7-8,10,13-14H2,1-6H3,(H,24,25)(H2,21,22,23);1H. The highest BCUT2D eigenvalue weighted by molar-refractivity contribution is 14.0. The van der Waals surface area contributed by atoms with Crippen LogP contribution in [0.25, 0.3) is 0 Å². The molecular weight excluding hydrogens is 503 g/mol. The van der Waals surface area contributed by atoms with E-state index in [1.54, 1.807) is 6.92 Å². The summed E-state index contributed by atoms with van der Waals surface area (Å²) >= 11 is 1.51. The Morgan fingerprint density at radius 2 is 1.97 bits per heavy atom. The summed E-state index contributed by atoms with van der Waals surface area (Å²) in [4.78, 5) is 17.5. The van der Waals surface area contributed by atoms with Crippen molar-refractivity contribution in [3.8, 4) is 0 Å². The molecule has 0 radical (unpaired) electrons. The average Bonchev–Trinajstić information content (AvgIpc) is 3.11. The molecule has 0 aliphatic carbocycles. The lowest BCUT2D eigenvalue weighted by Crippen LogP contribution is -2.48. The molecule has 0 bridgehead atoms. The summed E-state index contributed by atoms with van der Waals surface area (Å²) in [6.07, 6.45) is 1.33. The molecule has 9 heteroatoms. The Bertz CT molecular complexity index is 616. The number of guanidine groups is 1. The number of amides is 1. The minimum atomic E-state index is -1.02. The molecule has 1 rings (SSSR count). The first kappa shape index (κ1) is 27.9. The number of carbonyl (C=O) groups is 1. The SMILES string of the molecule is CCCC(CNC(=NCC(C)(O)c1cccs1)NCC)NC(=O)OC(C)(C)C.I. The van der Waals surface area contributed by atoms with Crippen LogP contribution in [0.5, 0.6) is 0 Å². The summed E-state index contributed by atoms with van der Waals surface area (Å²) in [5, 5.41) is 21.9. The van der Waals surface area contributed by atoms with Crippen molar-refractivity contribution >= 4 is 47.4 Å². The van der Waals surface area contributed by atoms with E-state index in [0.29, 0.717) is 19.0 Å². The Balaban J connectivity index is 0.00000784. The fourth-order valence-electron chi connectivity index (χ4n) is 2.51. The molecule has 0 saturated heterocycles. The van der Waals surface area contributed by atoms with Gasteiger partial charge in [-0.2, -0.15) is 0 Å². The summed E-state index contributed by atoms with van der Waals surface area (Å²) in [7, 11) is 0. The number of aliphatic imine (C=N–C) groups is 1. The Labute approximate surface area is 196 Å². The van der Waals surface area contributed by atoms with Crippen LogP contribution >= 0.6 is 35.3 Å². The number of nitrogens with one attached hydrogen (secondary N) is 3. The van der Waals surface area contributed by atoms with Gasteiger partial charge in [0.2, 0.25) is 0 Å². The Kier molecular flexibility index (Phi) is 12.8. The third-order valence-electron chi connectivity index (χ3n) is 3.82. The summed E-state index contributed by atoms with van der Waals surface area (Å²) < 4.78 is 5.35. The van der Waals surface area contributed by atoms with Gasteiger partial charge in [0.25, 0.3) is 0 Å².